The molecule has 1 saturated heterocycles. The van der Waals surface area contributed by atoms with Gasteiger partial charge < -0.3 is 19.9 Å². The molecule has 0 amide bonds. The van der Waals surface area contributed by atoms with E-state index in [4.69, 9.17) is 15.0 Å². The SMILES string of the molecule is COc1ccnc(N2CCC(c3nc(C4(N)CCC4)no3)CC2)n1.Cl. The van der Waals surface area contributed by atoms with Crippen molar-refractivity contribution in [2.75, 3.05) is 25.1 Å². The Balaban J connectivity index is 0.00000182. The molecule has 0 unspecified atom stereocenters. The van der Waals surface area contributed by atoms with Gasteiger partial charge in [0.2, 0.25) is 17.7 Å². The normalized spacial score (nSPS) is 19.8. The first-order valence-corrected chi connectivity index (χ1v) is 8.43. The highest BCUT2D eigenvalue weighted by molar-refractivity contribution is 5.85. The van der Waals surface area contributed by atoms with Crippen molar-refractivity contribution in [2.45, 2.75) is 43.6 Å². The van der Waals surface area contributed by atoms with Gasteiger partial charge in [0.05, 0.1) is 12.6 Å². The first-order valence-electron chi connectivity index (χ1n) is 8.43. The van der Waals surface area contributed by atoms with Crippen LogP contribution in [0.4, 0.5) is 5.95 Å². The zero-order valence-corrected chi connectivity index (χ0v) is 15.0. The summed E-state index contributed by atoms with van der Waals surface area (Å²) < 4.78 is 10.7. The molecule has 8 nitrogen and oxygen atoms in total. The van der Waals surface area contributed by atoms with Gasteiger partial charge in [-0.2, -0.15) is 9.97 Å². The molecule has 1 aliphatic heterocycles. The highest BCUT2D eigenvalue weighted by Gasteiger charge is 2.39. The lowest BCUT2D eigenvalue weighted by Gasteiger charge is -2.34. The number of hydrogen-bond donors (Lipinski definition) is 1. The summed E-state index contributed by atoms with van der Waals surface area (Å²) in [6.07, 6.45) is 6.60. The molecular weight excluding hydrogens is 344 g/mol. The lowest BCUT2D eigenvalue weighted by molar-refractivity contribution is 0.228. The first-order chi connectivity index (χ1) is 11.7. The molecule has 0 atom stereocenters. The fourth-order valence-electron chi connectivity index (χ4n) is 3.31. The predicted molar refractivity (Wildman–Crippen MR) is 94.0 cm³/mol. The minimum Gasteiger partial charge on any atom is -0.481 e. The second kappa shape index (κ2) is 7.13. The maximum Gasteiger partial charge on any atom is 0.229 e. The van der Waals surface area contributed by atoms with Crippen LogP contribution >= 0.6 is 12.4 Å². The van der Waals surface area contributed by atoms with E-state index in [0.29, 0.717) is 23.5 Å². The summed E-state index contributed by atoms with van der Waals surface area (Å²) in [6.45, 7) is 1.70. The van der Waals surface area contributed by atoms with Crippen molar-refractivity contribution in [2.24, 2.45) is 5.73 Å². The van der Waals surface area contributed by atoms with E-state index in [0.717, 1.165) is 45.2 Å². The Morgan fingerprint density at radius 1 is 1.28 bits per heavy atom. The van der Waals surface area contributed by atoms with Gasteiger partial charge >= 0.3 is 0 Å². The van der Waals surface area contributed by atoms with Crippen molar-refractivity contribution in [3.63, 3.8) is 0 Å². The fourth-order valence-corrected chi connectivity index (χ4v) is 3.31. The number of aromatic nitrogens is 4. The van der Waals surface area contributed by atoms with Crippen LogP contribution in [0.3, 0.4) is 0 Å². The lowest BCUT2D eigenvalue weighted by atomic mass is 9.77. The van der Waals surface area contributed by atoms with E-state index in [1.165, 1.54) is 0 Å². The van der Waals surface area contributed by atoms with E-state index in [-0.39, 0.29) is 23.9 Å². The number of hydrogen-bond acceptors (Lipinski definition) is 8. The highest BCUT2D eigenvalue weighted by Crippen LogP contribution is 2.38. The number of methoxy groups -OCH3 is 1. The zero-order valence-electron chi connectivity index (χ0n) is 14.2. The maximum atomic E-state index is 6.27. The van der Waals surface area contributed by atoms with Crippen LogP contribution in [0.2, 0.25) is 0 Å². The average molecular weight is 367 g/mol. The summed E-state index contributed by atoms with van der Waals surface area (Å²) in [4.78, 5) is 15.5. The number of nitrogens with two attached hydrogens (primary N) is 1. The molecule has 25 heavy (non-hydrogen) atoms. The summed E-state index contributed by atoms with van der Waals surface area (Å²) >= 11 is 0. The molecule has 2 fully saturated rings. The maximum absolute atomic E-state index is 6.27. The summed E-state index contributed by atoms with van der Waals surface area (Å²) in [5.41, 5.74) is 5.91. The molecule has 1 saturated carbocycles. The fraction of sp³-hybridized carbons (Fsp3) is 0.625. The molecule has 0 aromatic carbocycles. The molecule has 0 bridgehead atoms. The van der Waals surface area contributed by atoms with Crippen LogP contribution in [0.15, 0.2) is 16.8 Å². The summed E-state index contributed by atoms with van der Waals surface area (Å²) in [5, 5.41) is 4.12. The molecule has 0 spiro atoms. The number of nitrogens with zero attached hydrogens (tertiary/aromatic N) is 5. The Hall–Kier alpha value is -1.93. The third kappa shape index (κ3) is 3.41. The third-order valence-electron chi connectivity index (χ3n) is 5.09. The Morgan fingerprint density at radius 2 is 2.04 bits per heavy atom. The van der Waals surface area contributed by atoms with E-state index in [1.807, 2.05) is 0 Å². The Labute approximate surface area is 152 Å². The number of ether oxygens (including phenoxy) is 1. The van der Waals surface area contributed by atoms with Gasteiger partial charge in [0.1, 0.15) is 0 Å². The van der Waals surface area contributed by atoms with Gasteiger partial charge in [-0.25, -0.2) is 4.98 Å². The molecule has 2 N–H and O–H groups in total. The van der Waals surface area contributed by atoms with E-state index in [2.05, 4.69) is 25.0 Å². The molecular formula is C16H23ClN6O2. The number of rotatable bonds is 4. The van der Waals surface area contributed by atoms with Gasteiger partial charge in [-0.3, -0.25) is 0 Å². The number of piperidine rings is 1. The van der Waals surface area contributed by atoms with Crippen LogP contribution in [-0.4, -0.2) is 40.3 Å². The van der Waals surface area contributed by atoms with E-state index < -0.39 is 0 Å². The smallest absolute Gasteiger partial charge is 0.229 e. The lowest BCUT2D eigenvalue weighted by Crippen LogP contribution is -2.44. The minimum atomic E-state index is -0.364. The summed E-state index contributed by atoms with van der Waals surface area (Å²) in [5.74, 6) is 2.94. The zero-order chi connectivity index (χ0) is 16.6. The molecule has 4 rings (SSSR count). The van der Waals surface area contributed by atoms with Gasteiger partial charge in [-0.1, -0.05) is 5.16 Å². The van der Waals surface area contributed by atoms with E-state index in [1.54, 1.807) is 19.4 Å². The molecule has 9 heteroatoms. The topological polar surface area (TPSA) is 103 Å². The van der Waals surface area contributed by atoms with Crippen molar-refractivity contribution in [1.29, 1.82) is 0 Å². The molecule has 136 valence electrons. The van der Waals surface area contributed by atoms with E-state index in [9.17, 15) is 0 Å². The molecule has 1 aliphatic carbocycles. The van der Waals surface area contributed by atoms with Gasteiger partial charge in [0.25, 0.3) is 0 Å². The number of halogens is 1. The number of anilines is 1. The van der Waals surface area contributed by atoms with Crippen molar-refractivity contribution >= 4 is 18.4 Å². The van der Waals surface area contributed by atoms with Crippen LogP contribution in [0.1, 0.15) is 49.7 Å². The monoisotopic (exact) mass is 366 g/mol. The van der Waals surface area contributed by atoms with Gasteiger partial charge in [0.15, 0.2) is 5.82 Å². The third-order valence-corrected chi connectivity index (χ3v) is 5.09. The minimum absolute atomic E-state index is 0. The van der Waals surface area contributed by atoms with E-state index >= 15 is 0 Å². The molecule has 2 aromatic heterocycles. The summed E-state index contributed by atoms with van der Waals surface area (Å²) in [6, 6.07) is 1.75. The molecule has 3 heterocycles. The van der Waals surface area contributed by atoms with Crippen molar-refractivity contribution in [3.05, 3.63) is 24.0 Å². The molecule has 2 aromatic rings. The predicted octanol–water partition coefficient (Wildman–Crippen LogP) is 2.01. The standard InChI is InChI=1S/C16H22N6O2.ClH/c1-23-12-3-8-18-15(19-12)22-9-4-11(5-10-22)13-20-14(21-24-13)16(17)6-2-7-16;/h3,8,11H,2,4-7,9-10,17H2,1H3;1H. The van der Waals surface area contributed by atoms with Crippen LogP contribution in [0, 0.1) is 0 Å². The molecule has 2 aliphatic rings. The molecule has 0 radical (unpaired) electrons. The highest BCUT2D eigenvalue weighted by atomic mass is 35.5. The van der Waals surface area contributed by atoms with Crippen LogP contribution < -0.4 is 15.4 Å². The Bertz CT molecular complexity index is 712. The van der Waals surface area contributed by atoms with Gasteiger partial charge in [-0.15, -0.1) is 12.4 Å². The second-order valence-corrected chi connectivity index (χ2v) is 6.63. The second-order valence-electron chi connectivity index (χ2n) is 6.63. The van der Waals surface area contributed by atoms with Crippen molar-refractivity contribution in [3.8, 4) is 5.88 Å². The first kappa shape index (κ1) is 17.9. The van der Waals surface area contributed by atoms with Crippen LogP contribution in [0.5, 0.6) is 5.88 Å². The summed E-state index contributed by atoms with van der Waals surface area (Å²) in [7, 11) is 1.61. The van der Waals surface area contributed by atoms with Crippen molar-refractivity contribution in [1.82, 2.24) is 20.1 Å². The largest absolute Gasteiger partial charge is 0.481 e. The Kier molecular flexibility index (Phi) is 5.10. The van der Waals surface area contributed by atoms with Gasteiger partial charge in [-0.05, 0) is 32.1 Å². The van der Waals surface area contributed by atoms with Crippen LogP contribution in [-0.2, 0) is 5.54 Å². The Morgan fingerprint density at radius 3 is 2.68 bits per heavy atom. The van der Waals surface area contributed by atoms with Crippen LogP contribution in [0.25, 0.3) is 0 Å². The van der Waals surface area contributed by atoms with Crippen molar-refractivity contribution < 1.29 is 9.26 Å². The van der Waals surface area contributed by atoms with Gasteiger partial charge in [0, 0.05) is 31.3 Å². The quantitative estimate of drug-likeness (QED) is 0.876. The average Bonchev–Trinajstić information content (AvgIpc) is 3.10.